The number of carbonyl (C=O) groups excluding carboxylic acids is 4. The number of halogens is 1. The lowest BCUT2D eigenvalue weighted by Crippen LogP contribution is -2.58. The number of esters is 1. The van der Waals surface area contributed by atoms with E-state index in [1.807, 2.05) is 74.5 Å². The van der Waals surface area contributed by atoms with E-state index in [-0.39, 0.29) is 38.8 Å². The Labute approximate surface area is 303 Å². The highest BCUT2D eigenvalue weighted by Crippen LogP contribution is 2.59. The van der Waals surface area contributed by atoms with Crippen LogP contribution < -0.4 is 5.32 Å². The van der Waals surface area contributed by atoms with Gasteiger partial charge in [-0.25, -0.2) is 4.68 Å². The van der Waals surface area contributed by atoms with Crippen molar-refractivity contribution in [2.45, 2.75) is 69.6 Å². The van der Waals surface area contributed by atoms with Crippen molar-refractivity contribution >= 4 is 50.7 Å². The second-order valence-corrected chi connectivity index (χ2v) is 14.9. The van der Waals surface area contributed by atoms with Gasteiger partial charge in [-0.05, 0) is 42.5 Å². The zero-order chi connectivity index (χ0) is 35.9. The molecule has 0 saturated carbocycles. The summed E-state index contributed by atoms with van der Waals surface area (Å²) in [6.07, 6.45) is 5.43. The van der Waals surface area contributed by atoms with Crippen molar-refractivity contribution in [2.24, 2.45) is 17.8 Å². The lowest BCUT2D eigenvalue weighted by molar-refractivity contribution is -0.152. The van der Waals surface area contributed by atoms with Crippen molar-refractivity contribution in [3.63, 3.8) is 0 Å². The number of aliphatic hydroxyl groups is 1. The van der Waals surface area contributed by atoms with Gasteiger partial charge in [0.05, 0.1) is 36.0 Å². The van der Waals surface area contributed by atoms with Gasteiger partial charge in [0.2, 0.25) is 11.8 Å². The van der Waals surface area contributed by atoms with Gasteiger partial charge in [0.25, 0.3) is 5.91 Å². The van der Waals surface area contributed by atoms with E-state index >= 15 is 4.79 Å². The normalized spacial score (nSPS) is 29.7. The summed E-state index contributed by atoms with van der Waals surface area (Å²) >= 11 is 3.62. The SMILES string of the molecule is CC(C)C[C@H](CO)N1C(=O)[C@H]2[C@@H]3C(=O)N[C@H](c4ccccc4)COC(=O)CC/C=C\CN(Cn4nnc5ccccc54)C(=O)[C@H]1[C@@]21C=C(Br)[C@@H]3O1. The van der Waals surface area contributed by atoms with Crippen LogP contribution in [0.5, 0.6) is 0 Å². The molecule has 14 heteroatoms. The second kappa shape index (κ2) is 14.3. The van der Waals surface area contributed by atoms with Crippen LogP contribution in [0.2, 0.25) is 0 Å². The Balaban J connectivity index is 1.34. The van der Waals surface area contributed by atoms with Crippen LogP contribution in [0.15, 0.2) is 77.3 Å². The number of hydrogen-bond donors (Lipinski definition) is 2. The Bertz CT molecular complexity index is 1880. The van der Waals surface area contributed by atoms with Crippen LogP contribution in [-0.2, 0) is 35.3 Å². The summed E-state index contributed by atoms with van der Waals surface area (Å²) in [4.78, 5) is 60.3. The van der Waals surface area contributed by atoms with Gasteiger partial charge in [-0.15, -0.1) is 5.10 Å². The largest absolute Gasteiger partial charge is 0.463 e. The average Bonchev–Trinajstić information content (AvgIpc) is 3.85. The van der Waals surface area contributed by atoms with Crippen molar-refractivity contribution < 1.29 is 33.8 Å². The number of allylic oxidation sites excluding steroid dienone is 1. The van der Waals surface area contributed by atoms with Crippen molar-refractivity contribution in [1.29, 1.82) is 0 Å². The van der Waals surface area contributed by atoms with Crippen LogP contribution in [-0.4, -0.2) is 97.1 Å². The summed E-state index contributed by atoms with van der Waals surface area (Å²) < 4.78 is 14.5. The Hall–Kier alpha value is -4.40. The number of rotatable bonds is 7. The van der Waals surface area contributed by atoms with Crippen LogP contribution >= 0.6 is 15.9 Å². The third-order valence-corrected chi connectivity index (χ3v) is 10.9. The van der Waals surface area contributed by atoms with Crippen LogP contribution in [0.25, 0.3) is 11.0 Å². The first-order chi connectivity index (χ1) is 24.6. The number of hydrogen-bond acceptors (Lipinski definition) is 9. The molecular weight excluding hydrogens is 720 g/mol. The topological polar surface area (TPSA) is 156 Å². The second-order valence-electron chi connectivity index (χ2n) is 14.0. The number of benzene rings is 2. The van der Waals surface area contributed by atoms with Crippen LogP contribution in [0, 0.1) is 17.8 Å². The first kappa shape index (κ1) is 35.0. The fourth-order valence-electron chi connectivity index (χ4n) is 7.97. The number of nitrogens with zero attached hydrogens (tertiary/aromatic N) is 5. The molecule has 2 N–H and O–H groups in total. The molecule has 51 heavy (non-hydrogen) atoms. The number of aromatic nitrogens is 3. The Morgan fingerprint density at radius 3 is 2.57 bits per heavy atom. The minimum atomic E-state index is -1.50. The minimum Gasteiger partial charge on any atom is -0.463 e. The fraction of sp³-hybridized carbons (Fsp3) is 0.459. The summed E-state index contributed by atoms with van der Waals surface area (Å²) in [7, 11) is 0. The maximum Gasteiger partial charge on any atom is 0.306 e. The van der Waals surface area contributed by atoms with Crippen molar-refractivity contribution in [3.8, 4) is 0 Å². The number of likely N-dealkylation sites (tertiary alicyclic amines) is 1. The molecule has 0 aliphatic carbocycles. The summed E-state index contributed by atoms with van der Waals surface area (Å²) in [5.74, 6) is -3.75. The third-order valence-electron chi connectivity index (χ3n) is 10.2. The summed E-state index contributed by atoms with van der Waals surface area (Å²) in [5, 5.41) is 22.4. The van der Waals surface area contributed by atoms with Crippen LogP contribution in [0.4, 0.5) is 0 Å². The Morgan fingerprint density at radius 1 is 1.04 bits per heavy atom. The predicted molar refractivity (Wildman–Crippen MR) is 188 cm³/mol. The number of carbonyl (C=O) groups is 4. The smallest absolute Gasteiger partial charge is 0.306 e. The standard InChI is InChI=1S/C37H41BrN6O7/c1-22(2)17-24(19-45)44-33-36(49)42(21-43-28-14-9-8-13-26(28)40-41-43)16-10-4-7-15-29(46)50-20-27(23-11-5-3-6-12-23)39-34(47)30-31(35(44)48)37(33)18-25(38)32(30)51-37/h3-6,8-14,18,22,24,27,30-33,45H,7,15-17,19-21H2,1-2H3,(H,39,47)/b10-4-/t24-,27+,30+,31-,32+,33+,37-/m1/s1. The molecule has 0 unspecified atom stereocenters. The molecule has 13 nitrogen and oxygen atoms in total. The van der Waals surface area contributed by atoms with Crippen molar-refractivity contribution in [3.05, 3.63) is 82.9 Å². The molecule has 3 amide bonds. The summed E-state index contributed by atoms with van der Waals surface area (Å²) in [6.45, 7) is 3.60. The highest BCUT2D eigenvalue weighted by Gasteiger charge is 2.75. The predicted octanol–water partition coefficient (Wildman–Crippen LogP) is 3.25. The first-order valence-corrected chi connectivity index (χ1v) is 18.1. The number of ether oxygens (including phenoxy) is 2. The number of fused-ring (bicyclic) bond motifs is 3. The number of nitrogens with one attached hydrogen (secondary N) is 1. The van der Waals surface area contributed by atoms with Crippen LogP contribution in [0.1, 0.15) is 44.7 Å². The molecule has 2 aromatic carbocycles. The molecule has 7 rings (SSSR count). The molecule has 4 aliphatic rings. The molecule has 5 bridgehead atoms. The maximum atomic E-state index is 15.2. The lowest BCUT2D eigenvalue weighted by atomic mass is 9.74. The zero-order valence-corrected chi connectivity index (χ0v) is 30.0. The van der Waals surface area contributed by atoms with Gasteiger partial charge >= 0.3 is 5.97 Å². The monoisotopic (exact) mass is 760 g/mol. The van der Waals surface area contributed by atoms with Crippen molar-refractivity contribution in [2.75, 3.05) is 19.8 Å². The van der Waals surface area contributed by atoms with Gasteiger partial charge < -0.3 is 29.7 Å². The van der Waals surface area contributed by atoms with Crippen molar-refractivity contribution in [1.82, 2.24) is 30.1 Å². The van der Waals surface area contributed by atoms with E-state index in [0.29, 0.717) is 28.4 Å². The van der Waals surface area contributed by atoms with E-state index in [2.05, 4.69) is 31.6 Å². The van der Waals surface area contributed by atoms with Gasteiger partial charge in [0.15, 0.2) is 0 Å². The molecule has 2 saturated heterocycles. The average molecular weight is 762 g/mol. The van der Waals surface area contributed by atoms with Crippen LogP contribution in [0.3, 0.4) is 0 Å². The number of para-hydroxylation sites is 1. The number of amides is 3. The molecule has 1 aromatic heterocycles. The highest BCUT2D eigenvalue weighted by molar-refractivity contribution is 9.11. The third kappa shape index (κ3) is 6.38. The van der Waals surface area contributed by atoms with E-state index < -0.39 is 65.4 Å². The minimum absolute atomic E-state index is 0.00401. The summed E-state index contributed by atoms with van der Waals surface area (Å²) in [5.41, 5.74) is 0.601. The highest BCUT2D eigenvalue weighted by atomic mass is 79.9. The molecule has 7 atom stereocenters. The lowest BCUT2D eigenvalue weighted by Gasteiger charge is -2.39. The number of aliphatic hydroxyl groups excluding tert-OH is 1. The van der Waals surface area contributed by atoms with Gasteiger partial charge in [0.1, 0.15) is 36.5 Å². The summed E-state index contributed by atoms with van der Waals surface area (Å²) in [6, 6.07) is 14.0. The molecule has 2 fully saturated rings. The molecule has 4 aliphatic heterocycles. The van der Waals surface area contributed by atoms with E-state index in [4.69, 9.17) is 9.47 Å². The molecular formula is C37H41BrN6O7. The fourth-order valence-corrected chi connectivity index (χ4v) is 8.70. The Kier molecular flexibility index (Phi) is 9.83. The van der Waals surface area contributed by atoms with E-state index in [0.717, 1.165) is 5.56 Å². The first-order valence-electron chi connectivity index (χ1n) is 17.3. The van der Waals surface area contributed by atoms with Gasteiger partial charge in [-0.1, -0.05) is 89.6 Å². The van der Waals surface area contributed by atoms with E-state index in [1.54, 1.807) is 21.7 Å². The molecule has 3 aromatic rings. The van der Waals surface area contributed by atoms with E-state index in [9.17, 15) is 19.5 Å². The zero-order valence-electron chi connectivity index (χ0n) is 28.4. The molecule has 268 valence electrons. The van der Waals surface area contributed by atoms with Gasteiger partial charge in [0, 0.05) is 17.4 Å². The van der Waals surface area contributed by atoms with Gasteiger partial charge in [-0.2, -0.15) is 0 Å². The molecule has 5 heterocycles. The number of cyclic esters (lactones) is 1. The molecule has 0 radical (unpaired) electrons. The maximum absolute atomic E-state index is 15.2. The molecule has 1 spiro atoms. The van der Waals surface area contributed by atoms with Gasteiger partial charge in [-0.3, -0.25) is 19.2 Å². The van der Waals surface area contributed by atoms with E-state index in [1.165, 1.54) is 4.90 Å². The Morgan fingerprint density at radius 2 is 1.80 bits per heavy atom. The quantitative estimate of drug-likeness (QED) is 0.273.